The molecule has 0 bridgehead atoms. The highest BCUT2D eigenvalue weighted by molar-refractivity contribution is 5.89. The summed E-state index contributed by atoms with van der Waals surface area (Å²) in [6.07, 6.45) is 0.921. The Morgan fingerprint density at radius 2 is 2.10 bits per heavy atom. The topological polar surface area (TPSA) is 98.3 Å². The molecule has 2 aromatic rings. The fraction of sp³-hybridized carbons (Fsp3) is 0.0909. The average Bonchev–Trinajstić information content (AvgIpc) is 2.78. The van der Waals surface area contributed by atoms with Gasteiger partial charge in [0.2, 0.25) is 5.69 Å². The number of aromatic carboxylic acids is 1. The monoisotopic (exact) mass is 283 g/mol. The Kier molecular flexibility index (Phi) is 3.42. The molecule has 0 saturated carbocycles. The minimum atomic E-state index is -1.54. The van der Waals surface area contributed by atoms with Gasteiger partial charge in [-0.15, -0.1) is 0 Å². The van der Waals surface area contributed by atoms with E-state index in [-0.39, 0.29) is 6.54 Å². The molecule has 0 atom stereocenters. The van der Waals surface area contributed by atoms with E-state index in [0.717, 1.165) is 23.0 Å². The lowest BCUT2D eigenvalue weighted by Crippen LogP contribution is -2.05. The maximum absolute atomic E-state index is 13.0. The number of benzene rings is 1. The number of carboxylic acid groups (broad SMARTS) is 1. The fourth-order valence-corrected chi connectivity index (χ4v) is 1.60. The van der Waals surface area contributed by atoms with Gasteiger partial charge in [0, 0.05) is 0 Å². The van der Waals surface area contributed by atoms with Gasteiger partial charge in [0.1, 0.15) is 6.20 Å². The van der Waals surface area contributed by atoms with E-state index >= 15 is 0 Å². The van der Waals surface area contributed by atoms with E-state index < -0.39 is 33.9 Å². The van der Waals surface area contributed by atoms with E-state index in [0.29, 0.717) is 5.56 Å². The van der Waals surface area contributed by atoms with E-state index in [4.69, 9.17) is 5.11 Å². The third kappa shape index (κ3) is 2.60. The van der Waals surface area contributed by atoms with Crippen molar-refractivity contribution in [1.29, 1.82) is 0 Å². The molecule has 0 saturated heterocycles. The first kappa shape index (κ1) is 13.6. The zero-order valence-corrected chi connectivity index (χ0v) is 9.79. The van der Waals surface area contributed by atoms with Crippen LogP contribution >= 0.6 is 0 Å². The van der Waals surface area contributed by atoms with Crippen molar-refractivity contribution in [3.8, 4) is 0 Å². The highest BCUT2D eigenvalue weighted by Crippen LogP contribution is 2.18. The van der Waals surface area contributed by atoms with E-state index in [2.05, 4.69) is 5.10 Å². The zero-order valence-electron chi connectivity index (χ0n) is 9.79. The van der Waals surface area contributed by atoms with Crippen molar-refractivity contribution in [2.75, 3.05) is 0 Å². The van der Waals surface area contributed by atoms with Crippen LogP contribution in [0.2, 0.25) is 0 Å². The summed E-state index contributed by atoms with van der Waals surface area (Å²) in [6.45, 7) is -0.120. The number of nitro groups is 1. The van der Waals surface area contributed by atoms with E-state index in [1.54, 1.807) is 0 Å². The van der Waals surface area contributed by atoms with Gasteiger partial charge in [-0.2, -0.15) is 5.10 Å². The molecular weight excluding hydrogens is 276 g/mol. The van der Waals surface area contributed by atoms with Gasteiger partial charge in [-0.25, -0.2) is 13.6 Å². The fourth-order valence-electron chi connectivity index (χ4n) is 1.60. The summed E-state index contributed by atoms with van der Waals surface area (Å²) in [7, 11) is 0. The Balaban J connectivity index is 2.34. The minimum Gasteiger partial charge on any atom is -0.476 e. The molecule has 104 valence electrons. The second-order valence-electron chi connectivity index (χ2n) is 3.87. The number of carboxylic acids is 1. The standard InChI is InChI=1S/C11H7F2N3O4/c12-7-2-1-6(3-8(7)13)4-15-5-9(16(19)20)10(14-15)11(17)18/h1-3,5H,4H2,(H,17,18). The van der Waals surface area contributed by atoms with Crippen LogP contribution < -0.4 is 0 Å². The SMILES string of the molecule is O=C(O)c1nn(Cc2ccc(F)c(F)c2)cc1[N+](=O)[O-]. The number of aromatic nitrogens is 2. The summed E-state index contributed by atoms with van der Waals surface area (Å²) in [5.41, 5.74) is -1.09. The highest BCUT2D eigenvalue weighted by atomic mass is 19.2. The van der Waals surface area contributed by atoms with Crippen LogP contribution in [0.5, 0.6) is 0 Å². The van der Waals surface area contributed by atoms with Crippen molar-refractivity contribution in [3.63, 3.8) is 0 Å². The number of nitrogens with zero attached hydrogens (tertiary/aromatic N) is 3. The third-order valence-corrected chi connectivity index (χ3v) is 2.47. The lowest BCUT2D eigenvalue weighted by molar-refractivity contribution is -0.385. The molecule has 7 nitrogen and oxygen atoms in total. The molecule has 20 heavy (non-hydrogen) atoms. The molecule has 0 spiro atoms. The van der Waals surface area contributed by atoms with Gasteiger partial charge in [-0.3, -0.25) is 14.8 Å². The van der Waals surface area contributed by atoms with E-state index in [1.807, 2.05) is 0 Å². The summed E-state index contributed by atoms with van der Waals surface area (Å²) in [5.74, 6) is -3.63. The molecule has 0 fully saturated rings. The van der Waals surface area contributed by atoms with Crippen LogP contribution in [0.15, 0.2) is 24.4 Å². The summed E-state index contributed by atoms with van der Waals surface area (Å²) < 4.78 is 26.7. The second kappa shape index (κ2) is 5.03. The molecule has 0 unspecified atom stereocenters. The highest BCUT2D eigenvalue weighted by Gasteiger charge is 2.25. The van der Waals surface area contributed by atoms with Gasteiger partial charge in [0.15, 0.2) is 11.6 Å². The molecule has 9 heteroatoms. The van der Waals surface area contributed by atoms with Gasteiger partial charge in [0.25, 0.3) is 0 Å². The summed E-state index contributed by atoms with van der Waals surface area (Å²) in [5, 5.41) is 23.0. The molecule has 1 aromatic carbocycles. The molecule has 0 radical (unpaired) electrons. The first-order chi connectivity index (χ1) is 9.38. The molecule has 0 aliphatic heterocycles. The van der Waals surface area contributed by atoms with Gasteiger partial charge >= 0.3 is 11.7 Å². The molecule has 0 amide bonds. The number of halogens is 2. The summed E-state index contributed by atoms with van der Waals surface area (Å²) in [6, 6.07) is 3.08. The predicted molar refractivity (Wildman–Crippen MR) is 61.3 cm³/mol. The number of rotatable bonds is 4. The third-order valence-electron chi connectivity index (χ3n) is 2.47. The zero-order chi connectivity index (χ0) is 14.9. The van der Waals surface area contributed by atoms with Crippen LogP contribution in [0, 0.1) is 21.7 Å². The molecule has 2 rings (SSSR count). The summed E-state index contributed by atoms with van der Waals surface area (Å²) >= 11 is 0. The average molecular weight is 283 g/mol. The van der Waals surface area contributed by atoms with Crippen LogP contribution in [0.1, 0.15) is 16.1 Å². The van der Waals surface area contributed by atoms with Gasteiger partial charge in [-0.05, 0) is 17.7 Å². The normalized spacial score (nSPS) is 10.5. The predicted octanol–water partition coefficient (Wildman–Crippen LogP) is 1.82. The molecule has 0 aliphatic carbocycles. The van der Waals surface area contributed by atoms with Gasteiger partial charge in [0.05, 0.1) is 11.5 Å². The molecule has 0 aliphatic rings. The van der Waals surface area contributed by atoms with Crippen LogP contribution in [0.4, 0.5) is 14.5 Å². The number of hydrogen-bond acceptors (Lipinski definition) is 4. The van der Waals surface area contributed by atoms with Crippen molar-refractivity contribution < 1.29 is 23.6 Å². The smallest absolute Gasteiger partial charge is 0.363 e. The maximum Gasteiger partial charge on any atom is 0.363 e. The Morgan fingerprint density at radius 1 is 1.40 bits per heavy atom. The first-order valence-electron chi connectivity index (χ1n) is 5.27. The van der Waals surface area contributed by atoms with Crippen molar-refractivity contribution in [2.24, 2.45) is 0 Å². The Morgan fingerprint density at radius 3 is 2.60 bits per heavy atom. The van der Waals surface area contributed by atoms with Crippen LogP contribution in [0.25, 0.3) is 0 Å². The number of hydrogen-bond donors (Lipinski definition) is 1. The van der Waals surface area contributed by atoms with E-state index in [9.17, 15) is 23.7 Å². The van der Waals surface area contributed by atoms with Crippen LogP contribution in [-0.2, 0) is 6.54 Å². The second-order valence-corrected chi connectivity index (χ2v) is 3.87. The minimum absolute atomic E-state index is 0.120. The quantitative estimate of drug-likeness (QED) is 0.681. The van der Waals surface area contributed by atoms with Crippen molar-refractivity contribution in [1.82, 2.24) is 9.78 Å². The van der Waals surface area contributed by atoms with Crippen molar-refractivity contribution in [2.45, 2.75) is 6.54 Å². The van der Waals surface area contributed by atoms with Crippen LogP contribution in [0.3, 0.4) is 0 Å². The van der Waals surface area contributed by atoms with E-state index in [1.165, 1.54) is 6.07 Å². The largest absolute Gasteiger partial charge is 0.476 e. The van der Waals surface area contributed by atoms with Crippen LogP contribution in [-0.4, -0.2) is 25.8 Å². The van der Waals surface area contributed by atoms with Gasteiger partial charge < -0.3 is 5.11 Å². The Bertz CT molecular complexity index is 667. The molecular formula is C11H7F2N3O4. The van der Waals surface area contributed by atoms with Crippen molar-refractivity contribution >= 4 is 11.7 Å². The molecule has 1 aromatic heterocycles. The first-order valence-corrected chi connectivity index (χ1v) is 5.27. The Labute approximate surface area is 110 Å². The lowest BCUT2D eigenvalue weighted by atomic mass is 10.2. The molecule has 1 N–H and O–H groups in total. The number of carbonyl (C=O) groups is 1. The Hall–Kier alpha value is -2.84. The molecule has 1 heterocycles. The lowest BCUT2D eigenvalue weighted by Gasteiger charge is -2.01. The summed E-state index contributed by atoms with van der Waals surface area (Å²) in [4.78, 5) is 20.6. The maximum atomic E-state index is 13.0. The van der Waals surface area contributed by atoms with Crippen molar-refractivity contribution in [3.05, 3.63) is 57.4 Å². The van der Waals surface area contributed by atoms with Gasteiger partial charge in [-0.1, -0.05) is 6.07 Å².